The molecule has 0 radical (unpaired) electrons. The monoisotopic (exact) mass is 285 g/mol. The number of alkyl halides is 2. The van der Waals surface area contributed by atoms with E-state index in [1.165, 1.54) is 0 Å². The van der Waals surface area contributed by atoms with Gasteiger partial charge in [0.1, 0.15) is 5.75 Å². The number of rotatable bonds is 6. The zero-order chi connectivity index (χ0) is 14.5. The van der Waals surface area contributed by atoms with E-state index in [0.717, 1.165) is 31.6 Å². The van der Waals surface area contributed by atoms with Crippen LogP contribution >= 0.6 is 0 Å². The molecule has 0 aliphatic carbocycles. The maximum absolute atomic E-state index is 12.1. The summed E-state index contributed by atoms with van der Waals surface area (Å²) in [4.78, 5) is 2.22. The molecule has 0 aromatic heterocycles. The Morgan fingerprint density at radius 3 is 2.60 bits per heavy atom. The van der Waals surface area contributed by atoms with E-state index in [9.17, 15) is 8.78 Å². The fourth-order valence-electron chi connectivity index (χ4n) is 2.45. The maximum atomic E-state index is 12.1. The van der Waals surface area contributed by atoms with Gasteiger partial charge in [-0.25, -0.2) is 0 Å². The summed E-state index contributed by atoms with van der Waals surface area (Å²) in [6.07, 6.45) is 2.55. The Kier molecular flexibility index (Phi) is 5.31. The molecule has 5 heteroatoms. The van der Waals surface area contributed by atoms with Crippen LogP contribution < -0.4 is 4.74 Å². The van der Waals surface area contributed by atoms with Crippen LogP contribution in [0.4, 0.5) is 8.78 Å². The lowest BCUT2D eigenvalue weighted by Crippen LogP contribution is -2.31. The molecular weight excluding hydrogens is 264 g/mol. The molecule has 0 saturated carbocycles. The fraction of sp³-hybridized carbons (Fsp3) is 0.600. The molecule has 0 N–H and O–H groups in total. The Labute approximate surface area is 118 Å². The molecule has 3 nitrogen and oxygen atoms in total. The molecule has 0 unspecified atom stereocenters. The molecule has 1 heterocycles. The minimum Gasteiger partial charge on any atom is -0.435 e. The maximum Gasteiger partial charge on any atom is 0.387 e. The van der Waals surface area contributed by atoms with Crippen LogP contribution in [0.2, 0.25) is 0 Å². The van der Waals surface area contributed by atoms with E-state index in [0.29, 0.717) is 6.10 Å². The van der Waals surface area contributed by atoms with Crippen LogP contribution in [0.1, 0.15) is 31.4 Å². The molecule has 1 fully saturated rings. The molecule has 0 spiro atoms. The smallest absolute Gasteiger partial charge is 0.387 e. The van der Waals surface area contributed by atoms with Crippen molar-refractivity contribution < 1.29 is 18.3 Å². The predicted molar refractivity (Wildman–Crippen MR) is 73.1 cm³/mol. The van der Waals surface area contributed by atoms with Gasteiger partial charge in [-0.05, 0) is 44.5 Å². The molecule has 2 atom stereocenters. The molecule has 1 aliphatic rings. The standard InChI is InChI=1S/C15H21F2NO2/c1-11(18(2)10-14-4-3-9-19-14)12-5-7-13(8-6-12)20-15(16)17/h5-8,11,14-15H,3-4,9-10H2,1-2H3/t11-,14+/m0/s1. The van der Waals surface area contributed by atoms with Crippen molar-refractivity contribution in [3.63, 3.8) is 0 Å². The van der Waals surface area contributed by atoms with Crippen molar-refractivity contribution in [1.82, 2.24) is 4.90 Å². The third-order valence-electron chi connectivity index (χ3n) is 3.76. The SMILES string of the molecule is C[C@@H](c1ccc(OC(F)F)cc1)N(C)C[C@H]1CCCO1. The van der Waals surface area contributed by atoms with Gasteiger partial charge in [0.25, 0.3) is 0 Å². The lowest BCUT2D eigenvalue weighted by molar-refractivity contribution is -0.0498. The lowest BCUT2D eigenvalue weighted by atomic mass is 10.1. The van der Waals surface area contributed by atoms with E-state index >= 15 is 0 Å². The summed E-state index contributed by atoms with van der Waals surface area (Å²) in [7, 11) is 2.05. The van der Waals surface area contributed by atoms with E-state index in [4.69, 9.17) is 4.74 Å². The van der Waals surface area contributed by atoms with Gasteiger partial charge >= 0.3 is 6.61 Å². The number of ether oxygens (including phenoxy) is 2. The number of benzene rings is 1. The van der Waals surface area contributed by atoms with Crippen molar-refractivity contribution in [1.29, 1.82) is 0 Å². The first kappa shape index (κ1) is 15.2. The molecule has 1 aromatic rings. The van der Waals surface area contributed by atoms with E-state index < -0.39 is 6.61 Å². The second-order valence-corrected chi connectivity index (χ2v) is 5.20. The van der Waals surface area contributed by atoms with Gasteiger partial charge in [0.2, 0.25) is 0 Å². The molecule has 112 valence electrons. The highest BCUT2D eigenvalue weighted by Crippen LogP contribution is 2.24. The van der Waals surface area contributed by atoms with Gasteiger partial charge in [0, 0.05) is 19.2 Å². The Balaban J connectivity index is 1.91. The second-order valence-electron chi connectivity index (χ2n) is 5.20. The quantitative estimate of drug-likeness (QED) is 0.799. The summed E-state index contributed by atoms with van der Waals surface area (Å²) in [6, 6.07) is 7.03. The van der Waals surface area contributed by atoms with Gasteiger partial charge in [-0.3, -0.25) is 4.90 Å². The van der Waals surface area contributed by atoms with Gasteiger partial charge in [-0.2, -0.15) is 8.78 Å². The first-order valence-corrected chi connectivity index (χ1v) is 6.93. The third kappa shape index (κ3) is 4.15. The first-order valence-electron chi connectivity index (χ1n) is 6.93. The van der Waals surface area contributed by atoms with Gasteiger partial charge in [0.15, 0.2) is 0 Å². The Morgan fingerprint density at radius 1 is 1.35 bits per heavy atom. The van der Waals surface area contributed by atoms with Crippen LogP contribution in [-0.2, 0) is 4.74 Å². The van der Waals surface area contributed by atoms with Crippen molar-refractivity contribution in [2.45, 2.75) is 38.5 Å². The summed E-state index contributed by atoms with van der Waals surface area (Å²) in [5.41, 5.74) is 1.08. The number of halogens is 2. The Bertz CT molecular complexity index is 405. The van der Waals surface area contributed by atoms with Crippen LogP contribution in [0, 0.1) is 0 Å². The minimum atomic E-state index is -2.78. The number of nitrogens with zero attached hydrogens (tertiary/aromatic N) is 1. The Morgan fingerprint density at radius 2 is 2.05 bits per heavy atom. The fourth-order valence-corrected chi connectivity index (χ4v) is 2.45. The molecule has 20 heavy (non-hydrogen) atoms. The summed E-state index contributed by atoms with van der Waals surface area (Å²) < 4.78 is 34.2. The van der Waals surface area contributed by atoms with Crippen LogP contribution in [0.25, 0.3) is 0 Å². The van der Waals surface area contributed by atoms with E-state index in [1.807, 2.05) is 12.1 Å². The zero-order valence-electron chi connectivity index (χ0n) is 11.9. The third-order valence-corrected chi connectivity index (χ3v) is 3.76. The molecule has 1 saturated heterocycles. The summed E-state index contributed by atoms with van der Waals surface area (Å²) in [5, 5.41) is 0. The zero-order valence-corrected chi connectivity index (χ0v) is 11.9. The topological polar surface area (TPSA) is 21.7 Å². The van der Waals surface area contributed by atoms with Gasteiger partial charge in [0.05, 0.1) is 6.10 Å². The highest BCUT2D eigenvalue weighted by atomic mass is 19.3. The number of likely N-dealkylation sites (N-methyl/N-ethyl adjacent to an activating group) is 1. The van der Waals surface area contributed by atoms with Crippen molar-refractivity contribution in [3.05, 3.63) is 29.8 Å². The van der Waals surface area contributed by atoms with E-state index in [1.54, 1.807) is 12.1 Å². The number of hydrogen-bond acceptors (Lipinski definition) is 3. The molecule has 0 bridgehead atoms. The summed E-state index contributed by atoms with van der Waals surface area (Å²) in [6.45, 7) is 1.06. The summed E-state index contributed by atoms with van der Waals surface area (Å²) in [5.74, 6) is 0.192. The normalized spacial score (nSPS) is 20.6. The van der Waals surface area contributed by atoms with E-state index in [2.05, 4.69) is 23.6 Å². The second kappa shape index (κ2) is 6.99. The molecule has 1 aliphatic heterocycles. The Hall–Kier alpha value is -1.20. The molecule has 0 amide bonds. The van der Waals surface area contributed by atoms with Crippen LogP contribution in [0.3, 0.4) is 0 Å². The van der Waals surface area contributed by atoms with Crippen molar-refractivity contribution in [3.8, 4) is 5.75 Å². The van der Waals surface area contributed by atoms with Crippen molar-refractivity contribution in [2.24, 2.45) is 0 Å². The largest absolute Gasteiger partial charge is 0.435 e. The van der Waals surface area contributed by atoms with Crippen molar-refractivity contribution >= 4 is 0 Å². The number of hydrogen-bond donors (Lipinski definition) is 0. The van der Waals surface area contributed by atoms with E-state index in [-0.39, 0.29) is 11.8 Å². The van der Waals surface area contributed by atoms with Crippen LogP contribution in [-0.4, -0.2) is 37.8 Å². The molecule has 1 aromatic carbocycles. The van der Waals surface area contributed by atoms with Crippen LogP contribution in [0.5, 0.6) is 5.75 Å². The van der Waals surface area contributed by atoms with Gasteiger partial charge in [-0.15, -0.1) is 0 Å². The lowest BCUT2D eigenvalue weighted by Gasteiger charge is -2.27. The average Bonchev–Trinajstić information content (AvgIpc) is 2.91. The highest BCUT2D eigenvalue weighted by molar-refractivity contribution is 5.29. The van der Waals surface area contributed by atoms with Crippen molar-refractivity contribution in [2.75, 3.05) is 20.2 Å². The van der Waals surface area contributed by atoms with Gasteiger partial charge < -0.3 is 9.47 Å². The molecular formula is C15H21F2NO2. The molecule has 2 rings (SSSR count). The minimum absolute atomic E-state index is 0.192. The average molecular weight is 285 g/mol. The summed E-state index contributed by atoms with van der Waals surface area (Å²) >= 11 is 0. The first-order chi connectivity index (χ1) is 9.56. The highest BCUT2D eigenvalue weighted by Gasteiger charge is 2.20. The van der Waals surface area contributed by atoms with Crippen LogP contribution in [0.15, 0.2) is 24.3 Å². The predicted octanol–water partition coefficient (Wildman–Crippen LogP) is 3.46. The van der Waals surface area contributed by atoms with Gasteiger partial charge in [-0.1, -0.05) is 12.1 Å².